The SMILES string of the molecule is COC(=O)c1ccc(C=CCNC(=O)OC(C)(C)C)cc1. The van der Waals surface area contributed by atoms with Crippen LogP contribution < -0.4 is 5.32 Å². The van der Waals surface area contributed by atoms with E-state index in [2.05, 4.69) is 10.1 Å². The Labute approximate surface area is 124 Å². The summed E-state index contributed by atoms with van der Waals surface area (Å²) in [6.07, 6.45) is 3.20. The number of amides is 1. The van der Waals surface area contributed by atoms with Crippen LogP contribution in [-0.2, 0) is 9.47 Å². The van der Waals surface area contributed by atoms with E-state index in [9.17, 15) is 9.59 Å². The number of ether oxygens (including phenoxy) is 2. The minimum absolute atomic E-state index is 0.364. The van der Waals surface area contributed by atoms with Crippen LogP contribution in [0.2, 0.25) is 0 Å². The van der Waals surface area contributed by atoms with Crippen molar-refractivity contribution < 1.29 is 19.1 Å². The number of nitrogens with one attached hydrogen (secondary N) is 1. The summed E-state index contributed by atoms with van der Waals surface area (Å²) in [5.41, 5.74) is 0.924. The second-order valence-corrected chi connectivity index (χ2v) is 5.40. The second kappa shape index (κ2) is 7.47. The van der Waals surface area contributed by atoms with Crippen LogP contribution in [0.3, 0.4) is 0 Å². The van der Waals surface area contributed by atoms with Crippen LogP contribution in [0.4, 0.5) is 4.79 Å². The van der Waals surface area contributed by atoms with Gasteiger partial charge < -0.3 is 14.8 Å². The van der Waals surface area contributed by atoms with Gasteiger partial charge in [-0.2, -0.15) is 0 Å². The summed E-state index contributed by atoms with van der Waals surface area (Å²) in [4.78, 5) is 22.7. The van der Waals surface area contributed by atoms with Gasteiger partial charge in [0, 0.05) is 6.54 Å². The van der Waals surface area contributed by atoms with Crippen LogP contribution in [0, 0.1) is 0 Å². The summed E-state index contributed by atoms with van der Waals surface area (Å²) in [6.45, 7) is 5.80. The lowest BCUT2D eigenvalue weighted by molar-refractivity contribution is 0.0532. The molecular formula is C16H21NO4. The number of methoxy groups -OCH3 is 1. The highest BCUT2D eigenvalue weighted by molar-refractivity contribution is 5.89. The second-order valence-electron chi connectivity index (χ2n) is 5.40. The van der Waals surface area contributed by atoms with Crippen LogP contribution in [0.1, 0.15) is 36.7 Å². The smallest absolute Gasteiger partial charge is 0.407 e. The van der Waals surface area contributed by atoms with E-state index in [-0.39, 0.29) is 5.97 Å². The van der Waals surface area contributed by atoms with Crippen LogP contribution in [0.5, 0.6) is 0 Å². The van der Waals surface area contributed by atoms with E-state index >= 15 is 0 Å². The van der Waals surface area contributed by atoms with E-state index in [0.717, 1.165) is 5.56 Å². The highest BCUT2D eigenvalue weighted by atomic mass is 16.6. The molecule has 0 saturated heterocycles. The van der Waals surface area contributed by atoms with Crippen LogP contribution in [0.15, 0.2) is 30.3 Å². The maximum absolute atomic E-state index is 11.4. The lowest BCUT2D eigenvalue weighted by atomic mass is 10.1. The Morgan fingerprint density at radius 2 is 1.81 bits per heavy atom. The molecule has 0 aliphatic heterocycles. The number of esters is 1. The van der Waals surface area contributed by atoms with Gasteiger partial charge >= 0.3 is 12.1 Å². The third-order valence-electron chi connectivity index (χ3n) is 2.41. The highest BCUT2D eigenvalue weighted by Crippen LogP contribution is 2.08. The fraction of sp³-hybridized carbons (Fsp3) is 0.375. The number of benzene rings is 1. The monoisotopic (exact) mass is 291 g/mol. The molecule has 21 heavy (non-hydrogen) atoms. The Balaban J connectivity index is 2.44. The molecule has 1 N–H and O–H groups in total. The first-order valence-corrected chi connectivity index (χ1v) is 6.63. The van der Waals surface area contributed by atoms with E-state index in [0.29, 0.717) is 12.1 Å². The molecule has 0 radical (unpaired) electrons. The van der Waals surface area contributed by atoms with Crippen LogP contribution in [-0.4, -0.2) is 31.3 Å². The molecule has 5 heteroatoms. The number of carbonyl (C=O) groups excluding carboxylic acids is 2. The topological polar surface area (TPSA) is 64.6 Å². The van der Waals surface area contributed by atoms with Gasteiger partial charge in [-0.1, -0.05) is 24.3 Å². The van der Waals surface area contributed by atoms with Gasteiger partial charge in [-0.3, -0.25) is 0 Å². The molecule has 1 amide bonds. The Morgan fingerprint density at radius 1 is 1.19 bits per heavy atom. The molecule has 0 heterocycles. The first kappa shape index (κ1) is 16.8. The minimum Gasteiger partial charge on any atom is -0.465 e. The first-order chi connectivity index (χ1) is 9.81. The molecule has 1 aromatic carbocycles. The maximum Gasteiger partial charge on any atom is 0.407 e. The third kappa shape index (κ3) is 6.61. The number of hydrogen-bond donors (Lipinski definition) is 1. The molecule has 0 saturated carbocycles. The van der Waals surface area contributed by atoms with Crippen molar-refractivity contribution in [3.8, 4) is 0 Å². The van der Waals surface area contributed by atoms with Crippen LogP contribution in [0.25, 0.3) is 6.08 Å². The normalized spacial score (nSPS) is 11.2. The molecule has 114 valence electrons. The van der Waals surface area contributed by atoms with Crippen molar-refractivity contribution in [2.24, 2.45) is 0 Å². The molecule has 5 nitrogen and oxygen atoms in total. The predicted molar refractivity (Wildman–Crippen MR) is 81.1 cm³/mol. The standard InChI is InChI=1S/C16H21NO4/c1-16(2,3)21-15(19)17-11-5-6-12-7-9-13(10-8-12)14(18)20-4/h5-10H,11H2,1-4H3,(H,17,19). The van der Waals surface area contributed by atoms with Gasteiger partial charge in [0.05, 0.1) is 12.7 Å². The van der Waals surface area contributed by atoms with Gasteiger partial charge in [0.15, 0.2) is 0 Å². The van der Waals surface area contributed by atoms with Gasteiger partial charge in [0.25, 0.3) is 0 Å². The summed E-state index contributed by atoms with van der Waals surface area (Å²) >= 11 is 0. The molecule has 0 bridgehead atoms. The van der Waals surface area contributed by atoms with Crippen molar-refractivity contribution in [1.29, 1.82) is 0 Å². The van der Waals surface area contributed by atoms with E-state index in [1.54, 1.807) is 30.3 Å². The zero-order chi connectivity index (χ0) is 15.9. The molecule has 0 aromatic heterocycles. The lowest BCUT2D eigenvalue weighted by Crippen LogP contribution is -2.32. The van der Waals surface area contributed by atoms with Crippen molar-refractivity contribution in [2.75, 3.05) is 13.7 Å². The van der Waals surface area contributed by atoms with Crippen molar-refractivity contribution in [3.05, 3.63) is 41.5 Å². The van der Waals surface area contributed by atoms with Gasteiger partial charge in [0.2, 0.25) is 0 Å². The number of hydrogen-bond acceptors (Lipinski definition) is 4. The molecule has 0 atom stereocenters. The summed E-state index contributed by atoms with van der Waals surface area (Å²) in [7, 11) is 1.35. The summed E-state index contributed by atoms with van der Waals surface area (Å²) < 4.78 is 9.73. The first-order valence-electron chi connectivity index (χ1n) is 6.63. The predicted octanol–water partition coefficient (Wildman–Crippen LogP) is 3.01. The molecule has 0 aliphatic rings. The summed E-state index contributed by atoms with van der Waals surface area (Å²) in [5, 5.41) is 2.63. The van der Waals surface area contributed by atoms with E-state index < -0.39 is 11.7 Å². The van der Waals surface area contributed by atoms with Gasteiger partial charge in [-0.05, 0) is 38.5 Å². The molecular weight excluding hydrogens is 270 g/mol. The van der Waals surface area contributed by atoms with Crippen LogP contribution >= 0.6 is 0 Å². The highest BCUT2D eigenvalue weighted by Gasteiger charge is 2.14. The molecule has 1 rings (SSSR count). The van der Waals surface area contributed by atoms with E-state index in [1.807, 2.05) is 26.8 Å². The van der Waals surface area contributed by atoms with Gasteiger partial charge in [-0.25, -0.2) is 9.59 Å². The van der Waals surface area contributed by atoms with E-state index in [1.165, 1.54) is 7.11 Å². The van der Waals surface area contributed by atoms with Crippen molar-refractivity contribution in [3.63, 3.8) is 0 Å². The van der Waals surface area contributed by atoms with Crippen molar-refractivity contribution in [1.82, 2.24) is 5.32 Å². The Bertz CT molecular complexity index is 512. The number of alkyl carbamates (subject to hydrolysis) is 1. The quantitative estimate of drug-likeness (QED) is 0.866. The summed E-state index contributed by atoms with van der Waals surface area (Å²) in [6, 6.07) is 6.98. The lowest BCUT2D eigenvalue weighted by Gasteiger charge is -2.19. The van der Waals surface area contributed by atoms with Gasteiger partial charge in [-0.15, -0.1) is 0 Å². The molecule has 0 aliphatic carbocycles. The molecule has 0 unspecified atom stereocenters. The van der Waals surface area contributed by atoms with Gasteiger partial charge in [0.1, 0.15) is 5.60 Å². The maximum atomic E-state index is 11.4. The minimum atomic E-state index is -0.502. The van der Waals surface area contributed by atoms with Crippen molar-refractivity contribution in [2.45, 2.75) is 26.4 Å². The fourth-order valence-corrected chi connectivity index (χ4v) is 1.50. The zero-order valence-corrected chi connectivity index (χ0v) is 12.8. The Hall–Kier alpha value is -2.30. The number of rotatable bonds is 4. The molecule has 0 fully saturated rings. The fourth-order valence-electron chi connectivity index (χ4n) is 1.50. The summed E-state index contributed by atoms with van der Waals surface area (Å²) in [5.74, 6) is -0.364. The largest absolute Gasteiger partial charge is 0.465 e. The third-order valence-corrected chi connectivity index (χ3v) is 2.41. The average Bonchev–Trinajstić information content (AvgIpc) is 2.41. The number of carbonyl (C=O) groups is 2. The molecule has 1 aromatic rings. The zero-order valence-electron chi connectivity index (χ0n) is 12.8. The van der Waals surface area contributed by atoms with Crippen molar-refractivity contribution >= 4 is 18.1 Å². The molecule has 0 spiro atoms. The Morgan fingerprint density at radius 3 is 2.33 bits per heavy atom. The van der Waals surface area contributed by atoms with E-state index in [4.69, 9.17) is 4.74 Å². The Kier molecular flexibility index (Phi) is 5.96. The average molecular weight is 291 g/mol.